The summed E-state index contributed by atoms with van der Waals surface area (Å²) >= 11 is 0. The van der Waals surface area contributed by atoms with Gasteiger partial charge in [-0.3, -0.25) is 4.79 Å². The summed E-state index contributed by atoms with van der Waals surface area (Å²) in [5.41, 5.74) is 0.420. The Balaban J connectivity index is 1.86. The lowest BCUT2D eigenvalue weighted by Gasteiger charge is -2.13. The van der Waals surface area contributed by atoms with Crippen molar-refractivity contribution in [1.29, 1.82) is 0 Å². The number of nitrogens with zero attached hydrogens (tertiary/aromatic N) is 1. The molecule has 1 aromatic heterocycles. The molecule has 142 valence electrons. The topological polar surface area (TPSA) is 88.5 Å². The van der Waals surface area contributed by atoms with Crippen molar-refractivity contribution in [3.8, 4) is 11.5 Å². The van der Waals surface area contributed by atoms with Crippen LogP contribution in [0.15, 0.2) is 60.8 Å². The number of aromatic nitrogens is 1. The monoisotopic (exact) mass is 384 g/mol. The standard InChI is InChI=1S/C20H14F2N2O4/c21-10-12-1-8-18(28-15-5-2-13(22)3-6-15)16(9-12)19(25)24-14-4-7-17(20(26)27)23-11-14/h1-9,11H,10H2,(H,24,25)(H,26,27). The second-order valence-electron chi connectivity index (χ2n) is 5.71. The quantitative estimate of drug-likeness (QED) is 0.656. The summed E-state index contributed by atoms with van der Waals surface area (Å²) in [5.74, 6) is -1.77. The van der Waals surface area contributed by atoms with Crippen LogP contribution in [0.4, 0.5) is 14.5 Å². The number of pyridine rings is 1. The second-order valence-corrected chi connectivity index (χ2v) is 5.71. The van der Waals surface area contributed by atoms with Gasteiger partial charge in [-0.1, -0.05) is 6.07 Å². The largest absolute Gasteiger partial charge is 0.477 e. The number of aromatic carboxylic acids is 1. The first kappa shape index (κ1) is 19.0. The lowest BCUT2D eigenvalue weighted by Crippen LogP contribution is -2.14. The predicted molar refractivity (Wildman–Crippen MR) is 96.9 cm³/mol. The Morgan fingerprint density at radius 1 is 1.07 bits per heavy atom. The normalized spacial score (nSPS) is 10.4. The number of hydrogen-bond donors (Lipinski definition) is 2. The molecule has 2 aromatic carbocycles. The molecule has 28 heavy (non-hydrogen) atoms. The number of alkyl halides is 1. The number of halogens is 2. The number of nitrogens with one attached hydrogen (secondary N) is 1. The molecule has 0 fully saturated rings. The summed E-state index contributed by atoms with van der Waals surface area (Å²) in [5, 5.41) is 11.4. The average Bonchev–Trinajstić information content (AvgIpc) is 2.70. The van der Waals surface area contributed by atoms with E-state index in [4.69, 9.17) is 9.84 Å². The summed E-state index contributed by atoms with van der Waals surface area (Å²) in [7, 11) is 0. The van der Waals surface area contributed by atoms with Crippen LogP contribution in [-0.2, 0) is 6.67 Å². The van der Waals surface area contributed by atoms with Crippen LogP contribution in [0.25, 0.3) is 0 Å². The van der Waals surface area contributed by atoms with Gasteiger partial charge < -0.3 is 15.2 Å². The molecule has 6 nitrogen and oxygen atoms in total. The highest BCUT2D eigenvalue weighted by molar-refractivity contribution is 6.06. The van der Waals surface area contributed by atoms with Crippen molar-refractivity contribution in [2.45, 2.75) is 6.67 Å². The van der Waals surface area contributed by atoms with Gasteiger partial charge >= 0.3 is 5.97 Å². The van der Waals surface area contributed by atoms with E-state index in [0.717, 1.165) is 0 Å². The van der Waals surface area contributed by atoms with Crippen molar-refractivity contribution < 1.29 is 28.2 Å². The van der Waals surface area contributed by atoms with Gasteiger partial charge in [-0.05, 0) is 54.1 Å². The van der Waals surface area contributed by atoms with Gasteiger partial charge in [0.15, 0.2) is 0 Å². The van der Waals surface area contributed by atoms with E-state index in [1.54, 1.807) is 0 Å². The minimum Gasteiger partial charge on any atom is -0.477 e. The number of hydrogen-bond acceptors (Lipinski definition) is 4. The van der Waals surface area contributed by atoms with Gasteiger partial charge in [0.05, 0.1) is 17.4 Å². The molecule has 0 saturated carbocycles. The van der Waals surface area contributed by atoms with Crippen LogP contribution in [0.1, 0.15) is 26.4 Å². The molecule has 1 heterocycles. The van der Waals surface area contributed by atoms with E-state index in [-0.39, 0.29) is 28.3 Å². The zero-order valence-corrected chi connectivity index (χ0v) is 14.4. The number of carbonyl (C=O) groups excluding carboxylic acids is 1. The van der Waals surface area contributed by atoms with Crippen molar-refractivity contribution in [2.24, 2.45) is 0 Å². The van der Waals surface area contributed by atoms with E-state index in [1.165, 1.54) is 60.8 Å². The Labute approximate surface area is 158 Å². The molecule has 0 radical (unpaired) electrons. The number of carboxylic acid groups (broad SMARTS) is 1. The van der Waals surface area contributed by atoms with Gasteiger partial charge in [0.2, 0.25) is 0 Å². The zero-order chi connectivity index (χ0) is 20.1. The van der Waals surface area contributed by atoms with Crippen molar-refractivity contribution in [1.82, 2.24) is 4.98 Å². The minimum absolute atomic E-state index is 0.0572. The van der Waals surface area contributed by atoms with Gasteiger partial charge in [-0.2, -0.15) is 0 Å². The van der Waals surface area contributed by atoms with Gasteiger partial charge in [-0.25, -0.2) is 18.6 Å². The Morgan fingerprint density at radius 3 is 2.43 bits per heavy atom. The number of anilines is 1. The van der Waals surface area contributed by atoms with E-state index in [9.17, 15) is 18.4 Å². The lowest BCUT2D eigenvalue weighted by molar-refractivity contribution is 0.0690. The van der Waals surface area contributed by atoms with Gasteiger partial charge in [-0.15, -0.1) is 0 Å². The minimum atomic E-state index is -1.19. The molecular weight excluding hydrogens is 370 g/mol. The molecule has 8 heteroatoms. The highest BCUT2D eigenvalue weighted by atomic mass is 19.1. The molecule has 3 aromatic rings. The van der Waals surface area contributed by atoms with Gasteiger partial charge in [0.1, 0.15) is 29.7 Å². The maximum absolute atomic E-state index is 13.0. The molecule has 0 aliphatic heterocycles. The van der Waals surface area contributed by atoms with Crippen molar-refractivity contribution in [3.05, 3.63) is 83.4 Å². The Hall–Kier alpha value is -3.81. The first-order chi connectivity index (χ1) is 13.5. The van der Waals surface area contributed by atoms with Crippen molar-refractivity contribution in [3.63, 3.8) is 0 Å². The number of rotatable bonds is 6. The van der Waals surface area contributed by atoms with Crippen LogP contribution < -0.4 is 10.1 Å². The number of amides is 1. The number of carbonyl (C=O) groups is 2. The third kappa shape index (κ3) is 4.47. The molecule has 0 unspecified atom stereocenters. The van der Waals surface area contributed by atoms with Crippen LogP contribution in [0.2, 0.25) is 0 Å². The summed E-state index contributed by atoms with van der Waals surface area (Å²) in [6.07, 6.45) is 1.20. The highest BCUT2D eigenvalue weighted by Gasteiger charge is 2.16. The van der Waals surface area contributed by atoms with Crippen molar-refractivity contribution >= 4 is 17.6 Å². The van der Waals surface area contributed by atoms with E-state index < -0.39 is 24.4 Å². The third-order valence-electron chi connectivity index (χ3n) is 3.72. The Kier molecular flexibility index (Phi) is 5.59. The summed E-state index contributed by atoms with van der Waals surface area (Å²) in [6.45, 7) is -0.772. The lowest BCUT2D eigenvalue weighted by atomic mass is 10.1. The molecule has 2 N–H and O–H groups in total. The third-order valence-corrected chi connectivity index (χ3v) is 3.72. The molecule has 0 atom stereocenters. The maximum atomic E-state index is 13.0. The number of ether oxygens (including phenoxy) is 1. The molecule has 0 aliphatic carbocycles. The van der Waals surface area contributed by atoms with E-state index in [2.05, 4.69) is 10.3 Å². The second kappa shape index (κ2) is 8.26. The first-order valence-corrected chi connectivity index (χ1v) is 8.09. The fourth-order valence-corrected chi connectivity index (χ4v) is 2.35. The van der Waals surface area contributed by atoms with Crippen molar-refractivity contribution in [2.75, 3.05) is 5.32 Å². The highest BCUT2D eigenvalue weighted by Crippen LogP contribution is 2.28. The molecule has 3 rings (SSSR count). The van der Waals surface area contributed by atoms with E-state index >= 15 is 0 Å². The average molecular weight is 384 g/mol. The molecule has 0 saturated heterocycles. The SMILES string of the molecule is O=C(O)c1ccc(NC(=O)c2cc(CF)ccc2Oc2ccc(F)cc2)cn1. The van der Waals surface area contributed by atoms with Crippen LogP contribution in [0.5, 0.6) is 11.5 Å². The summed E-state index contributed by atoms with van der Waals surface area (Å²) in [4.78, 5) is 27.2. The first-order valence-electron chi connectivity index (χ1n) is 8.09. The van der Waals surface area contributed by atoms with E-state index in [0.29, 0.717) is 5.75 Å². The molecule has 0 aliphatic rings. The Morgan fingerprint density at radius 2 is 1.82 bits per heavy atom. The Bertz CT molecular complexity index is 1010. The molecule has 0 bridgehead atoms. The molecule has 0 spiro atoms. The van der Waals surface area contributed by atoms with Crippen LogP contribution in [0, 0.1) is 5.82 Å². The fraction of sp³-hybridized carbons (Fsp3) is 0.0500. The molecular formula is C20H14F2N2O4. The predicted octanol–water partition coefficient (Wildman–Crippen LogP) is 4.43. The smallest absolute Gasteiger partial charge is 0.354 e. The molecule has 1 amide bonds. The summed E-state index contributed by atoms with van der Waals surface area (Å²) in [6, 6.07) is 12.1. The fourth-order valence-electron chi connectivity index (χ4n) is 2.35. The van der Waals surface area contributed by atoms with Crippen LogP contribution in [-0.4, -0.2) is 22.0 Å². The number of benzene rings is 2. The van der Waals surface area contributed by atoms with Crippen LogP contribution in [0.3, 0.4) is 0 Å². The van der Waals surface area contributed by atoms with Crippen LogP contribution >= 0.6 is 0 Å². The van der Waals surface area contributed by atoms with E-state index in [1.807, 2.05) is 0 Å². The number of carboxylic acids is 1. The zero-order valence-electron chi connectivity index (χ0n) is 14.4. The summed E-state index contributed by atoms with van der Waals surface area (Å²) < 4.78 is 31.7. The van der Waals surface area contributed by atoms with Gasteiger partial charge in [0, 0.05) is 0 Å². The van der Waals surface area contributed by atoms with Gasteiger partial charge in [0.25, 0.3) is 5.91 Å². The maximum Gasteiger partial charge on any atom is 0.354 e.